The van der Waals surface area contributed by atoms with Crippen LogP contribution in [0.15, 0.2) is 45.6 Å². The van der Waals surface area contributed by atoms with Crippen LogP contribution in [-0.2, 0) is 14.6 Å². The van der Waals surface area contributed by atoms with Gasteiger partial charge in [-0.3, -0.25) is 14.4 Å². The summed E-state index contributed by atoms with van der Waals surface area (Å²) in [7, 11) is -3.30. The fourth-order valence-corrected chi connectivity index (χ4v) is 6.76. The van der Waals surface area contributed by atoms with Crippen LogP contribution in [0.5, 0.6) is 5.75 Å². The van der Waals surface area contributed by atoms with Crippen LogP contribution in [0.4, 0.5) is 0 Å². The summed E-state index contributed by atoms with van der Waals surface area (Å²) in [5.41, 5.74) is 7.59. The van der Waals surface area contributed by atoms with Gasteiger partial charge in [0.1, 0.15) is 11.3 Å². The Hall–Kier alpha value is -3.66. The summed E-state index contributed by atoms with van der Waals surface area (Å²) in [6.45, 7) is 3.40. The molecule has 0 spiro atoms. The molecule has 2 unspecified atom stereocenters. The van der Waals surface area contributed by atoms with E-state index >= 15 is 0 Å². The number of nitrogens with zero attached hydrogens (tertiary/aromatic N) is 1. The Balaban J connectivity index is 1.68. The quantitative estimate of drug-likeness (QED) is 0.570. The van der Waals surface area contributed by atoms with Gasteiger partial charge in [0.2, 0.25) is 5.76 Å². The minimum atomic E-state index is -3.30. The zero-order valence-electron chi connectivity index (χ0n) is 19.2. The van der Waals surface area contributed by atoms with Crippen molar-refractivity contribution in [1.29, 1.82) is 0 Å². The van der Waals surface area contributed by atoms with Gasteiger partial charge in [-0.05, 0) is 55.2 Å². The third kappa shape index (κ3) is 3.97. The van der Waals surface area contributed by atoms with E-state index in [-0.39, 0.29) is 41.3 Å². The van der Waals surface area contributed by atoms with Gasteiger partial charge >= 0.3 is 0 Å². The molecular weight excluding hydrogens is 472 g/mol. The highest BCUT2D eigenvalue weighted by molar-refractivity contribution is 7.91. The van der Waals surface area contributed by atoms with E-state index in [0.29, 0.717) is 22.3 Å². The van der Waals surface area contributed by atoms with Crippen molar-refractivity contribution in [2.75, 3.05) is 18.1 Å². The molecule has 2 aliphatic rings. The second-order valence-corrected chi connectivity index (χ2v) is 11.4. The smallest absolute Gasteiger partial charge is 0.291 e. The Labute approximate surface area is 201 Å². The van der Waals surface area contributed by atoms with Gasteiger partial charge in [0.15, 0.2) is 21.9 Å². The number of ether oxygens (including phenoxy) is 1. The minimum Gasteiger partial charge on any atom is -0.484 e. The monoisotopic (exact) mass is 496 g/mol. The molecular formula is C25H24N2O7S. The van der Waals surface area contributed by atoms with E-state index in [4.69, 9.17) is 14.9 Å². The van der Waals surface area contributed by atoms with Gasteiger partial charge in [0.05, 0.1) is 28.5 Å². The Kier molecular flexibility index (Phi) is 5.43. The maximum atomic E-state index is 13.8. The first kappa shape index (κ1) is 23.1. The number of amides is 2. The third-order valence-electron chi connectivity index (χ3n) is 6.52. The normalized spacial score (nSPS) is 20.9. The number of carbonyl (C=O) groups is 2. The molecule has 0 aliphatic carbocycles. The fraction of sp³-hybridized carbons (Fsp3) is 0.320. The second-order valence-electron chi connectivity index (χ2n) is 9.13. The molecule has 2 amide bonds. The van der Waals surface area contributed by atoms with Crippen molar-refractivity contribution in [2.24, 2.45) is 5.73 Å². The minimum absolute atomic E-state index is 0.0218. The number of aryl methyl sites for hydroxylation is 2. The van der Waals surface area contributed by atoms with Crippen molar-refractivity contribution in [1.82, 2.24) is 4.90 Å². The van der Waals surface area contributed by atoms with Crippen LogP contribution >= 0.6 is 0 Å². The molecule has 5 rings (SSSR count). The van der Waals surface area contributed by atoms with Crippen LogP contribution in [0.25, 0.3) is 11.0 Å². The van der Waals surface area contributed by atoms with Crippen molar-refractivity contribution in [3.8, 4) is 5.75 Å². The van der Waals surface area contributed by atoms with Gasteiger partial charge in [-0.25, -0.2) is 8.42 Å². The van der Waals surface area contributed by atoms with Crippen LogP contribution < -0.4 is 15.9 Å². The van der Waals surface area contributed by atoms with Crippen molar-refractivity contribution < 1.29 is 27.2 Å². The maximum Gasteiger partial charge on any atom is 0.291 e. The summed E-state index contributed by atoms with van der Waals surface area (Å²) < 4.78 is 35.9. The van der Waals surface area contributed by atoms with Gasteiger partial charge in [0.25, 0.3) is 11.8 Å². The van der Waals surface area contributed by atoms with E-state index in [2.05, 4.69) is 0 Å². The number of sulfone groups is 1. The van der Waals surface area contributed by atoms with Gasteiger partial charge in [-0.1, -0.05) is 18.2 Å². The molecule has 3 aromatic rings. The lowest BCUT2D eigenvalue weighted by Crippen LogP contribution is -2.40. The molecule has 2 aliphatic heterocycles. The van der Waals surface area contributed by atoms with Crippen LogP contribution in [0.1, 0.15) is 45.3 Å². The number of hydrogen-bond donors (Lipinski definition) is 1. The van der Waals surface area contributed by atoms with Gasteiger partial charge in [0, 0.05) is 6.04 Å². The number of carbonyl (C=O) groups excluding carboxylic acids is 2. The van der Waals surface area contributed by atoms with Crippen LogP contribution in [0, 0.1) is 13.8 Å². The van der Waals surface area contributed by atoms with Crippen molar-refractivity contribution in [3.05, 3.63) is 74.6 Å². The van der Waals surface area contributed by atoms with E-state index in [1.807, 2.05) is 19.9 Å². The average Bonchev–Trinajstić information content (AvgIpc) is 3.30. The molecule has 1 fully saturated rings. The van der Waals surface area contributed by atoms with Crippen molar-refractivity contribution in [3.63, 3.8) is 0 Å². The first-order chi connectivity index (χ1) is 16.6. The Bertz CT molecular complexity index is 1540. The summed E-state index contributed by atoms with van der Waals surface area (Å²) in [6, 6.07) is 8.80. The van der Waals surface area contributed by atoms with E-state index < -0.39 is 33.7 Å². The lowest BCUT2D eigenvalue weighted by atomic mass is 9.96. The molecule has 2 aromatic carbocycles. The molecule has 0 radical (unpaired) electrons. The Morgan fingerprint density at radius 3 is 2.51 bits per heavy atom. The lowest BCUT2D eigenvalue weighted by Gasteiger charge is -2.30. The fourth-order valence-electron chi connectivity index (χ4n) is 5.04. The molecule has 9 nitrogen and oxygen atoms in total. The highest BCUT2D eigenvalue weighted by Crippen LogP contribution is 2.42. The number of benzene rings is 2. The highest BCUT2D eigenvalue weighted by atomic mass is 32.2. The predicted octanol–water partition coefficient (Wildman–Crippen LogP) is 2.01. The second kappa shape index (κ2) is 8.23. The number of rotatable bonds is 5. The van der Waals surface area contributed by atoms with Crippen molar-refractivity contribution in [2.45, 2.75) is 32.4 Å². The van der Waals surface area contributed by atoms with E-state index in [1.54, 1.807) is 30.3 Å². The van der Waals surface area contributed by atoms with Crippen LogP contribution in [-0.4, -0.2) is 49.3 Å². The van der Waals surface area contributed by atoms with Gasteiger partial charge in [-0.2, -0.15) is 0 Å². The van der Waals surface area contributed by atoms with Gasteiger partial charge in [-0.15, -0.1) is 0 Å². The molecule has 1 saturated heterocycles. The predicted molar refractivity (Wildman–Crippen MR) is 128 cm³/mol. The summed E-state index contributed by atoms with van der Waals surface area (Å²) in [6.07, 6.45) is 0.282. The highest BCUT2D eigenvalue weighted by Gasteiger charge is 2.48. The maximum absolute atomic E-state index is 13.8. The first-order valence-corrected chi connectivity index (χ1v) is 13.0. The molecule has 1 aromatic heterocycles. The summed E-state index contributed by atoms with van der Waals surface area (Å²) in [4.78, 5) is 39.9. The largest absolute Gasteiger partial charge is 0.484 e. The Morgan fingerprint density at radius 1 is 1.17 bits per heavy atom. The SMILES string of the molecule is Cc1cc(C)c2oc3c(c(=O)c2c1)C(c1ccc(OCC(N)=O)cc1)N(C1CCS(=O)(=O)C1)C3=O. The number of nitrogens with two attached hydrogens (primary N) is 1. The third-order valence-corrected chi connectivity index (χ3v) is 8.27. The van der Waals surface area contributed by atoms with E-state index in [1.165, 1.54) is 4.90 Å². The Morgan fingerprint density at radius 2 is 1.89 bits per heavy atom. The summed E-state index contributed by atoms with van der Waals surface area (Å²) >= 11 is 0. The first-order valence-electron chi connectivity index (χ1n) is 11.2. The lowest BCUT2D eigenvalue weighted by molar-refractivity contribution is -0.119. The van der Waals surface area contributed by atoms with E-state index in [9.17, 15) is 22.8 Å². The molecule has 2 atom stereocenters. The molecule has 2 N–H and O–H groups in total. The molecule has 182 valence electrons. The number of fused-ring (bicyclic) bond motifs is 2. The van der Waals surface area contributed by atoms with Crippen LogP contribution in [0.3, 0.4) is 0 Å². The summed E-state index contributed by atoms with van der Waals surface area (Å²) in [5, 5.41) is 0.376. The number of primary amides is 1. The number of hydrogen-bond acceptors (Lipinski definition) is 7. The van der Waals surface area contributed by atoms with E-state index in [0.717, 1.165) is 11.1 Å². The molecule has 0 saturated carbocycles. The standard InChI is InChI=1S/C25H24N2O7S/c1-13-9-14(2)23-18(10-13)22(29)20-21(15-3-5-17(6-4-15)33-11-19(26)28)27(25(30)24(20)34-23)16-7-8-35(31,32)12-16/h3-6,9-10,16,21H,7-8,11-12H2,1-2H3,(H2,26,28). The molecule has 35 heavy (non-hydrogen) atoms. The average molecular weight is 497 g/mol. The van der Waals surface area contributed by atoms with Crippen molar-refractivity contribution >= 4 is 32.6 Å². The van der Waals surface area contributed by atoms with Crippen LogP contribution in [0.2, 0.25) is 0 Å². The molecule has 0 bridgehead atoms. The molecule has 10 heteroatoms. The zero-order chi connectivity index (χ0) is 25.1. The topological polar surface area (TPSA) is 137 Å². The van der Waals surface area contributed by atoms with Gasteiger partial charge < -0.3 is 19.8 Å². The molecule has 3 heterocycles. The zero-order valence-corrected chi connectivity index (χ0v) is 20.1. The summed E-state index contributed by atoms with van der Waals surface area (Å²) in [5.74, 6) is -0.976.